The number of hydrogen-bond donors (Lipinski definition) is 1. The summed E-state index contributed by atoms with van der Waals surface area (Å²) < 4.78 is 4.98. The Balaban J connectivity index is 3.15. The van der Waals surface area contributed by atoms with Crippen molar-refractivity contribution in [1.29, 1.82) is 0 Å². The monoisotopic (exact) mass is 228 g/mol. The van der Waals surface area contributed by atoms with Crippen LogP contribution < -0.4 is 0 Å². The smallest absolute Gasteiger partial charge is 0.138 e. The predicted molar refractivity (Wildman–Crippen MR) is 58.2 cm³/mol. The average molecular weight is 229 g/mol. The molecule has 0 aromatic heterocycles. The highest BCUT2D eigenvalue weighted by Crippen LogP contribution is 2.30. The molecule has 82 valence electrons. The van der Waals surface area contributed by atoms with Gasteiger partial charge in [0, 0.05) is 19.1 Å². The molecule has 1 N–H and O–H groups in total. The van der Waals surface area contributed by atoms with Crippen LogP contribution in [-0.4, -0.2) is 18.0 Å². The predicted octanol–water partition coefficient (Wildman–Crippen LogP) is 2.32. The molecule has 0 amide bonds. The van der Waals surface area contributed by atoms with E-state index in [2.05, 4.69) is 0 Å². The van der Waals surface area contributed by atoms with Crippen LogP contribution in [0.15, 0.2) is 12.1 Å². The minimum Gasteiger partial charge on any atom is -0.506 e. The number of carbonyl (C=O) groups excluding carboxylic acids is 1. The normalized spacial score (nSPS) is 10.3. The number of Topliss-reactive ketones (excluding diaryl/α,β-unsaturated/α-hetero) is 1. The molecule has 4 heteroatoms. The largest absolute Gasteiger partial charge is 0.506 e. The van der Waals surface area contributed by atoms with Crippen molar-refractivity contribution in [1.82, 2.24) is 0 Å². The summed E-state index contributed by atoms with van der Waals surface area (Å²) in [7, 11) is 1.56. The molecule has 0 aliphatic carbocycles. The maximum absolute atomic E-state index is 11.0. The van der Waals surface area contributed by atoms with Gasteiger partial charge in [0.2, 0.25) is 0 Å². The van der Waals surface area contributed by atoms with E-state index < -0.39 is 0 Å². The molecule has 0 fully saturated rings. The summed E-state index contributed by atoms with van der Waals surface area (Å²) in [6, 6.07) is 3.35. The third kappa shape index (κ3) is 2.94. The van der Waals surface area contributed by atoms with Gasteiger partial charge >= 0.3 is 0 Å². The number of aromatic hydroxyl groups is 1. The maximum atomic E-state index is 11.0. The second-order valence-corrected chi connectivity index (χ2v) is 3.75. The molecule has 0 aliphatic heterocycles. The number of halogens is 1. The standard InChI is InChI=1S/C11H13ClO3/c1-7(13)5-9-8(6-15-2)3-4-10(12)11(9)14/h3-4,14H,5-6H2,1-2H3. The molecule has 0 atom stereocenters. The molecule has 3 nitrogen and oxygen atoms in total. The van der Waals surface area contributed by atoms with E-state index in [0.29, 0.717) is 12.2 Å². The number of methoxy groups -OCH3 is 1. The molecule has 1 rings (SSSR count). The molecule has 0 radical (unpaired) electrons. The number of hydrogen-bond acceptors (Lipinski definition) is 3. The minimum atomic E-state index is -0.0265. The van der Waals surface area contributed by atoms with E-state index in [0.717, 1.165) is 5.56 Å². The third-order valence-electron chi connectivity index (χ3n) is 2.06. The van der Waals surface area contributed by atoms with Gasteiger partial charge in [-0.25, -0.2) is 0 Å². The molecular formula is C11H13ClO3. The van der Waals surface area contributed by atoms with Gasteiger partial charge in [-0.15, -0.1) is 0 Å². The fourth-order valence-electron chi connectivity index (χ4n) is 1.39. The van der Waals surface area contributed by atoms with Crippen molar-refractivity contribution in [2.45, 2.75) is 20.0 Å². The van der Waals surface area contributed by atoms with Gasteiger partial charge in [-0.05, 0) is 18.6 Å². The molecule has 0 saturated heterocycles. The summed E-state index contributed by atoms with van der Waals surface area (Å²) in [5.41, 5.74) is 1.34. The van der Waals surface area contributed by atoms with Gasteiger partial charge < -0.3 is 9.84 Å². The van der Waals surface area contributed by atoms with Crippen molar-refractivity contribution >= 4 is 17.4 Å². The zero-order chi connectivity index (χ0) is 11.4. The average Bonchev–Trinajstić information content (AvgIpc) is 2.17. The zero-order valence-corrected chi connectivity index (χ0v) is 9.47. The Morgan fingerprint density at radius 2 is 2.20 bits per heavy atom. The lowest BCUT2D eigenvalue weighted by molar-refractivity contribution is -0.116. The van der Waals surface area contributed by atoms with E-state index in [1.54, 1.807) is 19.2 Å². The highest BCUT2D eigenvalue weighted by Gasteiger charge is 2.12. The zero-order valence-electron chi connectivity index (χ0n) is 8.71. The Labute approximate surface area is 93.6 Å². The van der Waals surface area contributed by atoms with Crippen LogP contribution in [0.1, 0.15) is 18.1 Å². The van der Waals surface area contributed by atoms with Crippen LogP contribution in [0.5, 0.6) is 5.75 Å². The SMILES string of the molecule is COCc1ccc(Cl)c(O)c1CC(C)=O. The van der Waals surface area contributed by atoms with Crippen LogP contribution in [0.25, 0.3) is 0 Å². The molecule has 1 aromatic carbocycles. The van der Waals surface area contributed by atoms with E-state index in [1.807, 2.05) is 0 Å². The fraction of sp³-hybridized carbons (Fsp3) is 0.364. The van der Waals surface area contributed by atoms with Gasteiger partial charge in [0.05, 0.1) is 11.6 Å². The van der Waals surface area contributed by atoms with E-state index in [1.165, 1.54) is 6.92 Å². The summed E-state index contributed by atoms with van der Waals surface area (Å²) >= 11 is 5.77. The van der Waals surface area contributed by atoms with Gasteiger partial charge in [-0.2, -0.15) is 0 Å². The van der Waals surface area contributed by atoms with Crippen molar-refractivity contribution < 1.29 is 14.6 Å². The van der Waals surface area contributed by atoms with E-state index >= 15 is 0 Å². The van der Waals surface area contributed by atoms with Crippen molar-refractivity contribution in [3.05, 3.63) is 28.3 Å². The molecule has 0 spiro atoms. The minimum absolute atomic E-state index is 0.0232. The lowest BCUT2D eigenvalue weighted by Crippen LogP contribution is -2.02. The Hall–Kier alpha value is -1.06. The van der Waals surface area contributed by atoms with Gasteiger partial charge in [0.1, 0.15) is 11.5 Å². The topological polar surface area (TPSA) is 46.5 Å². The lowest BCUT2D eigenvalue weighted by Gasteiger charge is -2.10. The number of phenolic OH excluding ortho intramolecular Hbond substituents is 1. The van der Waals surface area contributed by atoms with Gasteiger partial charge in [0.25, 0.3) is 0 Å². The second kappa shape index (κ2) is 5.14. The highest BCUT2D eigenvalue weighted by molar-refractivity contribution is 6.32. The van der Waals surface area contributed by atoms with Crippen LogP contribution in [0, 0.1) is 0 Å². The first kappa shape index (κ1) is 12.0. The van der Waals surface area contributed by atoms with Crippen LogP contribution in [-0.2, 0) is 22.6 Å². The molecule has 0 saturated carbocycles. The lowest BCUT2D eigenvalue weighted by atomic mass is 10.0. The number of carbonyl (C=O) groups is 1. The Bertz CT molecular complexity index is 374. The molecule has 0 aliphatic rings. The first-order chi connectivity index (χ1) is 7.06. The van der Waals surface area contributed by atoms with E-state index in [4.69, 9.17) is 16.3 Å². The molecule has 1 aromatic rings. The van der Waals surface area contributed by atoms with Crippen molar-refractivity contribution in [2.24, 2.45) is 0 Å². The molecule has 15 heavy (non-hydrogen) atoms. The molecule has 0 heterocycles. The number of rotatable bonds is 4. The fourth-order valence-corrected chi connectivity index (χ4v) is 1.56. The van der Waals surface area contributed by atoms with Gasteiger partial charge in [-0.1, -0.05) is 17.7 Å². The second-order valence-electron chi connectivity index (χ2n) is 3.35. The number of ketones is 1. The molecule has 0 bridgehead atoms. The Morgan fingerprint density at radius 3 is 2.73 bits per heavy atom. The Morgan fingerprint density at radius 1 is 1.53 bits per heavy atom. The number of phenols is 1. The Kier molecular flexibility index (Phi) is 4.12. The van der Waals surface area contributed by atoms with Crippen molar-refractivity contribution in [3.8, 4) is 5.75 Å². The van der Waals surface area contributed by atoms with Crippen molar-refractivity contribution in [2.75, 3.05) is 7.11 Å². The van der Waals surface area contributed by atoms with E-state index in [-0.39, 0.29) is 23.0 Å². The van der Waals surface area contributed by atoms with Gasteiger partial charge in [0.15, 0.2) is 0 Å². The van der Waals surface area contributed by atoms with Crippen LogP contribution >= 0.6 is 11.6 Å². The number of benzene rings is 1. The number of ether oxygens (including phenoxy) is 1. The first-order valence-corrected chi connectivity index (χ1v) is 4.91. The summed E-state index contributed by atoms with van der Waals surface area (Å²) in [6.45, 7) is 1.82. The highest BCUT2D eigenvalue weighted by atomic mass is 35.5. The summed E-state index contributed by atoms with van der Waals surface area (Å²) in [4.78, 5) is 11.0. The summed E-state index contributed by atoms with van der Waals surface area (Å²) in [5, 5.41) is 9.97. The maximum Gasteiger partial charge on any atom is 0.138 e. The molecule has 0 unspecified atom stereocenters. The quantitative estimate of drug-likeness (QED) is 0.861. The molecular weight excluding hydrogens is 216 g/mol. The first-order valence-electron chi connectivity index (χ1n) is 4.53. The van der Waals surface area contributed by atoms with Crippen LogP contribution in [0.3, 0.4) is 0 Å². The van der Waals surface area contributed by atoms with Crippen LogP contribution in [0.2, 0.25) is 5.02 Å². The summed E-state index contributed by atoms with van der Waals surface area (Å²) in [6.07, 6.45) is 0.172. The van der Waals surface area contributed by atoms with Crippen molar-refractivity contribution in [3.63, 3.8) is 0 Å². The third-order valence-corrected chi connectivity index (χ3v) is 2.36. The van der Waals surface area contributed by atoms with Gasteiger partial charge in [-0.3, -0.25) is 4.79 Å². The van der Waals surface area contributed by atoms with Crippen LogP contribution in [0.4, 0.5) is 0 Å². The van der Waals surface area contributed by atoms with E-state index in [9.17, 15) is 9.90 Å². The summed E-state index contributed by atoms with van der Waals surface area (Å²) in [5.74, 6) is -0.0497.